The van der Waals surface area contributed by atoms with E-state index in [0.717, 1.165) is 25.0 Å². The van der Waals surface area contributed by atoms with Crippen LogP contribution < -0.4 is 0 Å². The highest BCUT2D eigenvalue weighted by molar-refractivity contribution is 5.95. The van der Waals surface area contributed by atoms with E-state index in [-0.39, 0.29) is 11.8 Å². The smallest absolute Gasteiger partial charge is 0.259 e. The molecule has 2 rings (SSSR count). The van der Waals surface area contributed by atoms with Crippen LogP contribution in [-0.4, -0.2) is 47.8 Å². The zero-order chi connectivity index (χ0) is 17.0. The Balaban J connectivity index is 2.02. The van der Waals surface area contributed by atoms with Crippen LogP contribution in [0.1, 0.15) is 37.0 Å². The van der Waals surface area contributed by atoms with Gasteiger partial charge in [-0.1, -0.05) is 19.9 Å². The molecular formula is C17H22F2N2O2. The summed E-state index contributed by atoms with van der Waals surface area (Å²) in [7, 11) is 0. The number of amides is 2. The van der Waals surface area contributed by atoms with E-state index in [9.17, 15) is 18.4 Å². The molecule has 1 aromatic rings. The lowest BCUT2D eigenvalue weighted by Crippen LogP contribution is -2.52. The number of carbonyl (C=O) groups is 2. The van der Waals surface area contributed by atoms with Gasteiger partial charge in [-0.05, 0) is 25.0 Å². The minimum atomic E-state index is -0.856. The van der Waals surface area contributed by atoms with Crippen molar-refractivity contribution in [3.05, 3.63) is 35.4 Å². The van der Waals surface area contributed by atoms with Crippen LogP contribution in [0.4, 0.5) is 8.78 Å². The van der Waals surface area contributed by atoms with E-state index in [1.54, 1.807) is 4.90 Å². The summed E-state index contributed by atoms with van der Waals surface area (Å²) in [6.07, 6.45) is 1.57. The number of rotatable bonds is 4. The Labute approximate surface area is 135 Å². The number of hydrogen-bond acceptors (Lipinski definition) is 2. The van der Waals surface area contributed by atoms with Crippen molar-refractivity contribution >= 4 is 11.8 Å². The van der Waals surface area contributed by atoms with Gasteiger partial charge in [-0.15, -0.1) is 0 Å². The van der Waals surface area contributed by atoms with Gasteiger partial charge in [-0.25, -0.2) is 8.78 Å². The van der Waals surface area contributed by atoms with Crippen molar-refractivity contribution in [2.24, 2.45) is 5.92 Å². The van der Waals surface area contributed by atoms with Crippen LogP contribution in [0.3, 0.4) is 0 Å². The summed E-state index contributed by atoms with van der Waals surface area (Å²) in [5.74, 6) is -2.27. The van der Waals surface area contributed by atoms with Gasteiger partial charge in [0, 0.05) is 32.1 Å². The molecule has 1 heterocycles. The Kier molecular flexibility index (Phi) is 5.69. The Morgan fingerprint density at radius 2 is 1.48 bits per heavy atom. The highest BCUT2D eigenvalue weighted by Gasteiger charge is 2.29. The van der Waals surface area contributed by atoms with Crippen LogP contribution in [0.2, 0.25) is 0 Å². The van der Waals surface area contributed by atoms with Gasteiger partial charge in [0.2, 0.25) is 5.91 Å². The van der Waals surface area contributed by atoms with Gasteiger partial charge in [-0.2, -0.15) is 0 Å². The van der Waals surface area contributed by atoms with Crippen molar-refractivity contribution in [3.63, 3.8) is 0 Å². The number of halogens is 2. The zero-order valence-corrected chi connectivity index (χ0v) is 13.5. The number of benzene rings is 1. The molecule has 23 heavy (non-hydrogen) atoms. The molecule has 1 aromatic carbocycles. The molecule has 1 saturated heterocycles. The molecule has 126 valence electrons. The van der Waals surface area contributed by atoms with Crippen LogP contribution in [0.25, 0.3) is 0 Å². The summed E-state index contributed by atoms with van der Waals surface area (Å²) < 4.78 is 27.4. The van der Waals surface area contributed by atoms with Crippen LogP contribution in [-0.2, 0) is 4.79 Å². The first kappa shape index (κ1) is 17.4. The van der Waals surface area contributed by atoms with Gasteiger partial charge >= 0.3 is 0 Å². The fourth-order valence-corrected chi connectivity index (χ4v) is 2.89. The second kappa shape index (κ2) is 7.53. The Morgan fingerprint density at radius 1 is 1.00 bits per heavy atom. The summed E-state index contributed by atoms with van der Waals surface area (Å²) in [4.78, 5) is 27.8. The minimum absolute atomic E-state index is 0.00117. The van der Waals surface area contributed by atoms with Crippen molar-refractivity contribution in [1.29, 1.82) is 0 Å². The van der Waals surface area contributed by atoms with E-state index in [1.807, 2.05) is 13.8 Å². The third kappa shape index (κ3) is 3.68. The average molecular weight is 324 g/mol. The Hall–Kier alpha value is -1.98. The molecular weight excluding hydrogens is 302 g/mol. The van der Waals surface area contributed by atoms with Gasteiger partial charge in [0.25, 0.3) is 5.91 Å². The monoisotopic (exact) mass is 324 g/mol. The lowest BCUT2D eigenvalue weighted by Gasteiger charge is -2.36. The first-order valence-electron chi connectivity index (χ1n) is 8.01. The van der Waals surface area contributed by atoms with E-state index < -0.39 is 23.1 Å². The highest BCUT2D eigenvalue weighted by Crippen LogP contribution is 2.18. The number of hydrogen-bond donors (Lipinski definition) is 0. The maximum Gasteiger partial charge on any atom is 0.259 e. The maximum absolute atomic E-state index is 13.7. The van der Waals surface area contributed by atoms with Gasteiger partial charge < -0.3 is 9.80 Å². The lowest BCUT2D eigenvalue weighted by atomic mass is 10.0. The van der Waals surface area contributed by atoms with Crippen molar-refractivity contribution in [2.75, 3.05) is 26.2 Å². The Morgan fingerprint density at radius 3 is 1.96 bits per heavy atom. The molecule has 0 saturated carbocycles. The predicted molar refractivity (Wildman–Crippen MR) is 82.9 cm³/mol. The topological polar surface area (TPSA) is 40.6 Å². The first-order valence-corrected chi connectivity index (χ1v) is 8.01. The predicted octanol–water partition coefficient (Wildman–Crippen LogP) is 2.69. The average Bonchev–Trinajstić information content (AvgIpc) is 2.55. The van der Waals surface area contributed by atoms with Gasteiger partial charge in [0.1, 0.15) is 17.2 Å². The summed E-state index contributed by atoms with van der Waals surface area (Å²) >= 11 is 0. The quantitative estimate of drug-likeness (QED) is 0.854. The summed E-state index contributed by atoms with van der Waals surface area (Å²) in [5, 5.41) is 0. The molecule has 0 bridgehead atoms. The normalized spacial score (nSPS) is 15.2. The molecule has 0 radical (unpaired) electrons. The lowest BCUT2D eigenvalue weighted by molar-refractivity contribution is -0.137. The van der Waals surface area contributed by atoms with Crippen molar-refractivity contribution < 1.29 is 18.4 Å². The standard InChI is InChI=1S/C17H22F2N2O2/c1-3-12(4-2)16(22)20-8-10-21(11-9-20)17(23)15-13(18)6-5-7-14(15)19/h5-7,12H,3-4,8-11H2,1-2H3. The number of carbonyl (C=O) groups excluding carboxylic acids is 2. The molecule has 0 aromatic heterocycles. The zero-order valence-electron chi connectivity index (χ0n) is 13.5. The minimum Gasteiger partial charge on any atom is -0.339 e. The number of nitrogens with zero attached hydrogens (tertiary/aromatic N) is 2. The fourth-order valence-electron chi connectivity index (χ4n) is 2.89. The van der Waals surface area contributed by atoms with Crippen molar-refractivity contribution in [3.8, 4) is 0 Å². The largest absolute Gasteiger partial charge is 0.339 e. The maximum atomic E-state index is 13.7. The fraction of sp³-hybridized carbons (Fsp3) is 0.529. The third-order valence-corrected chi connectivity index (χ3v) is 4.39. The van der Waals surface area contributed by atoms with Gasteiger partial charge in [0.15, 0.2) is 0 Å². The molecule has 0 spiro atoms. The number of piperazine rings is 1. The molecule has 1 aliphatic rings. The van der Waals surface area contributed by atoms with Gasteiger partial charge in [0.05, 0.1) is 0 Å². The van der Waals surface area contributed by atoms with Crippen molar-refractivity contribution in [1.82, 2.24) is 9.80 Å². The molecule has 0 unspecified atom stereocenters. The van der Waals surface area contributed by atoms with Gasteiger partial charge in [-0.3, -0.25) is 9.59 Å². The molecule has 0 N–H and O–H groups in total. The molecule has 0 atom stereocenters. The van der Waals surface area contributed by atoms with E-state index in [0.29, 0.717) is 26.2 Å². The molecule has 2 amide bonds. The second-order valence-electron chi connectivity index (χ2n) is 5.73. The molecule has 0 aliphatic carbocycles. The molecule has 6 heteroatoms. The van der Waals surface area contributed by atoms with E-state index in [2.05, 4.69) is 0 Å². The summed E-state index contributed by atoms with van der Waals surface area (Å²) in [6.45, 7) is 5.34. The SMILES string of the molecule is CCC(CC)C(=O)N1CCN(C(=O)c2c(F)cccc2F)CC1. The molecule has 4 nitrogen and oxygen atoms in total. The second-order valence-corrected chi connectivity index (χ2v) is 5.73. The highest BCUT2D eigenvalue weighted by atomic mass is 19.1. The van der Waals surface area contributed by atoms with Crippen LogP contribution in [0.15, 0.2) is 18.2 Å². The first-order chi connectivity index (χ1) is 11.0. The third-order valence-electron chi connectivity index (χ3n) is 4.39. The Bertz CT molecular complexity index is 560. The van der Waals surface area contributed by atoms with Crippen LogP contribution in [0, 0.1) is 17.6 Å². The van der Waals surface area contributed by atoms with E-state index in [1.165, 1.54) is 11.0 Å². The van der Waals surface area contributed by atoms with E-state index >= 15 is 0 Å². The molecule has 1 fully saturated rings. The molecule has 1 aliphatic heterocycles. The summed E-state index contributed by atoms with van der Waals surface area (Å²) in [5.41, 5.74) is -0.521. The van der Waals surface area contributed by atoms with Crippen LogP contribution >= 0.6 is 0 Å². The van der Waals surface area contributed by atoms with Crippen LogP contribution in [0.5, 0.6) is 0 Å². The summed E-state index contributed by atoms with van der Waals surface area (Å²) in [6, 6.07) is 3.38. The van der Waals surface area contributed by atoms with Crippen molar-refractivity contribution in [2.45, 2.75) is 26.7 Å². The van der Waals surface area contributed by atoms with E-state index in [4.69, 9.17) is 0 Å².